The van der Waals surface area contributed by atoms with Crippen molar-refractivity contribution < 1.29 is 24.0 Å². The van der Waals surface area contributed by atoms with Crippen LogP contribution in [0.5, 0.6) is 5.75 Å². The summed E-state index contributed by atoms with van der Waals surface area (Å²) in [7, 11) is 1.64. The summed E-state index contributed by atoms with van der Waals surface area (Å²) < 4.78 is 10.7. The molecule has 1 amide bonds. The lowest BCUT2D eigenvalue weighted by Crippen LogP contribution is -2.42. The molecular weight excluding hydrogens is 426 g/mol. The average molecular weight is 460 g/mol. The van der Waals surface area contributed by atoms with E-state index in [-0.39, 0.29) is 18.3 Å². The standard InChI is InChI=1S/C22H31N5O3.CH2O2/c1-3-26-11-8-16(15-26)14-23-21(28)18-9-12-27(13-10-18)22-24-20(25-30-22)17-4-6-19(29-2)7-5-17;2-1-3/h4-7,16,18H,3,8-15H2,1-2H3,(H,23,28);1H,(H,2,3). The zero-order valence-electron chi connectivity index (χ0n) is 19.3. The predicted molar refractivity (Wildman–Crippen MR) is 123 cm³/mol. The van der Waals surface area contributed by atoms with Gasteiger partial charge in [-0.2, -0.15) is 4.98 Å². The summed E-state index contributed by atoms with van der Waals surface area (Å²) >= 11 is 0. The van der Waals surface area contributed by atoms with Crippen LogP contribution in [0.1, 0.15) is 26.2 Å². The SMILES string of the molecule is CCN1CCC(CNC(=O)C2CCN(c3nc(-c4ccc(OC)cc4)no3)CC2)C1.O=CO. The number of carbonyl (C=O) groups excluding carboxylic acids is 1. The highest BCUT2D eigenvalue weighted by Gasteiger charge is 2.28. The van der Waals surface area contributed by atoms with E-state index in [9.17, 15) is 4.79 Å². The van der Waals surface area contributed by atoms with Crippen molar-refractivity contribution in [2.24, 2.45) is 11.8 Å². The largest absolute Gasteiger partial charge is 0.497 e. The first-order valence-corrected chi connectivity index (χ1v) is 11.4. The van der Waals surface area contributed by atoms with Crippen molar-refractivity contribution in [3.8, 4) is 17.1 Å². The van der Waals surface area contributed by atoms with E-state index in [1.165, 1.54) is 6.42 Å². The molecule has 180 valence electrons. The number of benzene rings is 1. The Hall–Kier alpha value is -3.14. The van der Waals surface area contributed by atoms with Crippen molar-refractivity contribution in [3.05, 3.63) is 24.3 Å². The lowest BCUT2D eigenvalue weighted by Gasteiger charge is -2.30. The van der Waals surface area contributed by atoms with Crippen molar-refractivity contribution in [2.45, 2.75) is 26.2 Å². The minimum atomic E-state index is -0.250. The van der Waals surface area contributed by atoms with E-state index in [0.717, 1.165) is 63.4 Å². The number of piperidine rings is 1. The van der Waals surface area contributed by atoms with Gasteiger partial charge in [0, 0.05) is 37.7 Å². The topological polar surface area (TPSA) is 121 Å². The second-order valence-electron chi connectivity index (χ2n) is 8.29. The van der Waals surface area contributed by atoms with Crippen molar-refractivity contribution >= 4 is 18.4 Å². The van der Waals surface area contributed by atoms with Gasteiger partial charge in [0.25, 0.3) is 6.47 Å². The zero-order valence-corrected chi connectivity index (χ0v) is 19.3. The van der Waals surface area contributed by atoms with Crippen LogP contribution in [0.2, 0.25) is 0 Å². The van der Waals surface area contributed by atoms with Gasteiger partial charge in [0.05, 0.1) is 7.11 Å². The van der Waals surface area contributed by atoms with E-state index in [4.69, 9.17) is 19.2 Å². The minimum absolute atomic E-state index is 0.0638. The number of hydrogen-bond acceptors (Lipinski definition) is 8. The Morgan fingerprint density at radius 3 is 2.55 bits per heavy atom. The summed E-state index contributed by atoms with van der Waals surface area (Å²) in [5.41, 5.74) is 0.883. The molecule has 2 saturated heterocycles. The van der Waals surface area contributed by atoms with Crippen LogP contribution in [0.3, 0.4) is 0 Å². The van der Waals surface area contributed by atoms with Crippen LogP contribution >= 0.6 is 0 Å². The third-order valence-corrected chi connectivity index (χ3v) is 6.28. The summed E-state index contributed by atoms with van der Waals surface area (Å²) in [4.78, 5) is 30.0. The van der Waals surface area contributed by atoms with E-state index >= 15 is 0 Å². The molecule has 1 atom stereocenters. The maximum Gasteiger partial charge on any atom is 0.324 e. The Balaban J connectivity index is 0.000000968. The number of rotatable bonds is 7. The maximum absolute atomic E-state index is 12.6. The average Bonchev–Trinajstić information content (AvgIpc) is 3.53. The molecule has 0 aliphatic carbocycles. The van der Waals surface area contributed by atoms with Gasteiger partial charge in [-0.05, 0) is 62.5 Å². The maximum atomic E-state index is 12.6. The Labute approximate surface area is 193 Å². The zero-order chi connectivity index (χ0) is 23.6. The van der Waals surface area contributed by atoms with Gasteiger partial charge in [-0.25, -0.2) is 0 Å². The number of carbonyl (C=O) groups is 2. The fourth-order valence-electron chi connectivity index (χ4n) is 4.29. The van der Waals surface area contributed by atoms with Crippen LogP contribution in [0.15, 0.2) is 28.8 Å². The number of hydrogen-bond donors (Lipinski definition) is 2. The summed E-state index contributed by atoms with van der Waals surface area (Å²) in [5, 5.41) is 14.2. The molecule has 1 unspecified atom stereocenters. The highest BCUT2D eigenvalue weighted by Crippen LogP contribution is 2.26. The van der Waals surface area contributed by atoms with Crippen LogP contribution in [0.4, 0.5) is 6.01 Å². The van der Waals surface area contributed by atoms with Crippen molar-refractivity contribution in [3.63, 3.8) is 0 Å². The van der Waals surface area contributed by atoms with Gasteiger partial charge in [0.1, 0.15) is 5.75 Å². The number of carboxylic acid groups (broad SMARTS) is 1. The molecule has 0 spiro atoms. The normalized spacial score (nSPS) is 19.0. The molecule has 0 saturated carbocycles. The van der Waals surface area contributed by atoms with Gasteiger partial charge < -0.3 is 29.5 Å². The molecule has 33 heavy (non-hydrogen) atoms. The highest BCUT2D eigenvalue weighted by molar-refractivity contribution is 5.79. The first-order valence-electron chi connectivity index (χ1n) is 11.4. The molecule has 2 aromatic rings. The van der Waals surface area contributed by atoms with Crippen LogP contribution in [-0.2, 0) is 9.59 Å². The quantitative estimate of drug-likeness (QED) is 0.600. The number of likely N-dealkylation sites (tertiary alicyclic amines) is 1. The molecule has 3 heterocycles. The van der Waals surface area contributed by atoms with Gasteiger partial charge in [0.15, 0.2) is 0 Å². The van der Waals surface area contributed by atoms with E-state index < -0.39 is 0 Å². The summed E-state index contributed by atoms with van der Waals surface area (Å²) in [6.07, 6.45) is 2.79. The minimum Gasteiger partial charge on any atom is -0.497 e. The number of anilines is 1. The fraction of sp³-hybridized carbons (Fsp3) is 0.565. The Bertz CT molecular complexity index is 880. The number of nitrogens with zero attached hydrogens (tertiary/aromatic N) is 4. The molecule has 10 heteroatoms. The van der Waals surface area contributed by atoms with Gasteiger partial charge in [-0.15, -0.1) is 0 Å². The summed E-state index contributed by atoms with van der Waals surface area (Å²) in [6.45, 7) is 7.58. The Kier molecular flexibility index (Phi) is 9.05. The smallest absolute Gasteiger partial charge is 0.324 e. The molecule has 2 fully saturated rings. The number of aromatic nitrogens is 2. The molecule has 1 aromatic heterocycles. The number of amides is 1. The molecule has 2 aliphatic rings. The first-order chi connectivity index (χ1) is 16.1. The van der Waals surface area contributed by atoms with E-state index in [2.05, 4.69) is 32.2 Å². The molecule has 2 N–H and O–H groups in total. The second kappa shape index (κ2) is 12.2. The van der Waals surface area contributed by atoms with Gasteiger partial charge in [-0.3, -0.25) is 9.59 Å². The molecule has 1 aromatic carbocycles. The highest BCUT2D eigenvalue weighted by atomic mass is 16.5. The molecule has 0 bridgehead atoms. The summed E-state index contributed by atoms with van der Waals surface area (Å²) in [5.74, 6) is 2.19. The lowest BCUT2D eigenvalue weighted by atomic mass is 9.96. The predicted octanol–water partition coefficient (Wildman–Crippen LogP) is 2.12. The molecule has 0 radical (unpaired) electrons. The van der Waals surface area contributed by atoms with Crippen LogP contribution < -0.4 is 15.0 Å². The van der Waals surface area contributed by atoms with Crippen LogP contribution in [0, 0.1) is 11.8 Å². The number of ether oxygens (including phenoxy) is 1. The molecule has 10 nitrogen and oxygen atoms in total. The van der Waals surface area contributed by atoms with Crippen molar-refractivity contribution in [1.82, 2.24) is 20.4 Å². The van der Waals surface area contributed by atoms with Crippen molar-refractivity contribution in [2.75, 3.05) is 51.3 Å². The Morgan fingerprint density at radius 1 is 1.24 bits per heavy atom. The lowest BCUT2D eigenvalue weighted by molar-refractivity contribution is -0.126. The second-order valence-corrected chi connectivity index (χ2v) is 8.29. The van der Waals surface area contributed by atoms with E-state index in [1.54, 1.807) is 7.11 Å². The molecule has 2 aliphatic heterocycles. The van der Waals surface area contributed by atoms with E-state index in [0.29, 0.717) is 17.8 Å². The van der Waals surface area contributed by atoms with Crippen molar-refractivity contribution in [1.29, 1.82) is 0 Å². The molecule has 4 rings (SSSR count). The molecular formula is C23H33N5O5. The third-order valence-electron chi connectivity index (χ3n) is 6.28. The first kappa shape index (κ1) is 24.5. The van der Waals surface area contributed by atoms with E-state index in [1.807, 2.05) is 24.3 Å². The Morgan fingerprint density at radius 2 is 1.94 bits per heavy atom. The number of methoxy groups -OCH3 is 1. The number of nitrogens with one attached hydrogen (secondary N) is 1. The van der Waals surface area contributed by atoms with Gasteiger partial charge in [0.2, 0.25) is 11.7 Å². The monoisotopic (exact) mass is 459 g/mol. The van der Waals surface area contributed by atoms with Gasteiger partial charge >= 0.3 is 6.01 Å². The third kappa shape index (κ3) is 6.67. The van der Waals surface area contributed by atoms with Crippen LogP contribution in [-0.4, -0.2) is 78.9 Å². The fourth-order valence-corrected chi connectivity index (χ4v) is 4.29. The summed E-state index contributed by atoms with van der Waals surface area (Å²) in [6, 6.07) is 8.09. The van der Waals surface area contributed by atoms with Gasteiger partial charge in [-0.1, -0.05) is 12.1 Å². The van der Waals surface area contributed by atoms with Crippen LogP contribution in [0.25, 0.3) is 11.4 Å².